The molecule has 11 heteroatoms. The topological polar surface area (TPSA) is 87.2 Å². The van der Waals surface area contributed by atoms with E-state index in [-0.39, 0.29) is 31.9 Å². The Kier molecular flexibility index (Phi) is 8.20. The number of urea groups is 1. The lowest BCUT2D eigenvalue weighted by Gasteiger charge is -2.28. The van der Waals surface area contributed by atoms with Gasteiger partial charge < -0.3 is 29.7 Å². The zero-order valence-electron chi connectivity index (χ0n) is 20.2. The largest absolute Gasteiger partial charge is 0.475 e. The average Bonchev–Trinajstić information content (AvgIpc) is 3.05. The molecule has 2 aromatic rings. The summed E-state index contributed by atoms with van der Waals surface area (Å²) in [6.45, 7) is 3.49. The highest BCUT2D eigenvalue weighted by Gasteiger charge is 2.35. The molecule has 0 atom stereocenters. The zero-order valence-corrected chi connectivity index (χ0v) is 20.2. The van der Waals surface area contributed by atoms with Crippen molar-refractivity contribution in [3.63, 3.8) is 0 Å². The summed E-state index contributed by atoms with van der Waals surface area (Å²) >= 11 is 0. The Hall–Kier alpha value is -3.05. The van der Waals surface area contributed by atoms with Crippen LogP contribution in [0.15, 0.2) is 24.3 Å². The van der Waals surface area contributed by atoms with Gasteiger partial charge in [0.05, 0.1) is 32.1 Å². The van der Waals surface area contributed by atoms with Crippen molar-refractivity contribution in [1.82, 2.24) is 9.88 Å². The van der Waals surface area contributed by atoms with Crippen LogP contribution in [-0.2, 0) is 4.74 Å². The van der Waals surface area contributed by atoms with Crippen molar-refractivity contribution in [3.8, 4) is 17.0 Å². The minimum atomic E-state index is -2.97. The van der Waals surface area contributed by atoms with E-state index in [1.807, 2.05) is 11.0 Å². The van der Waals surface area contributed by atoms with E-state index in [1.165, 1.54) is 12.1 Å². The van der Waals surface area contributed by atoms with Crippen molar-refractivity contribution in [2.45, 2.75) is 32.1 Å². The van der Waals surface area contributed by atoms with E-state index < -0.39 is 24.3 Å². The maximum atomic E-state index is 14.9. The zero-order chi connectivity index (χ0) is 25.7. The molecule has 196 valence electrons. The number of nitrogens with zero attached hydrogens (tertiary/aromatic N) is 3. The van der Waals surface area contributed by atoms with Crippen molar-refractivity contribution in [2.24, 2.45) is 0 Å². The number of benzene rings is 1. The highest BCUT2D eigenvalue weighted by Crippen LogP contribution is 2.34. The molecule has 2 N–H and O–H groups in total. The number of morpholine rings is 1. The van der Waals surface area contributed by atoms with Crippen molar-refractivity contribution >= 4 is 17.5 Å². The Morgan fingerprint density at radius 3 is 2.72 bits per heavy atom. The lowest BCUT2D eigenvalue weighted by atomic mass is 10.00. The van der Waals surface area contributed by atoms with Gasteiger partial charge in [-0.25, -0.2) is 18.0 Å². The van der Waals surface area contributed by atoms with Crippen LogP contribution in [0.2, 0.25) is 0 Å². The first-order valence-electron chi connectivity index (χ1n) is 12.1. The number of halogens is 3. The van der Waals surface area contributed by atoms with Crippen LogP contribution >= 0.6 is 0 Å². The summed E-state index contributed by atoms with van der Waals surface area (Å²) in [4.78, 5) is 20.4. The van der Waals surface area contributed by atoms with Crippen LogP contribution in [-0.4, -0.2) is 79.6 Å². The fourth-order valence-corrected chi connectivity index (χ4v) is 4.40. The Labute approximate surface area is 208 Å². The van der Waals surface area contributed by atoms with Gasteiger partial charge in [-0.3, -0.25) is 0 Å². The van der Waals surface area contributed by atoms with Gasteiger partial charge in [-0.2, -0.15) is 4.98 Å². The maximum Gasteiger partial charge on any atom is 0.322 e. The highest BCUT2D eigenvalue weighted by atomic mass is 19.3. The summed E-state index contributed by atoms with van der Waals surface area (Å²) in [6.07, 6.45) is 0.518. The van der Waals surface area contributed by atoms with Crippen molar-refractivity contribution < 1.29 is 32.5 Å². The third-order valence-corrected chi connectivity index (χ3v) is 6.26. The summed E-state index contributed by atoms with van der Waals surface area (Å²) in [5.41, 5.74) is 1.81. The first kappa shape index (κ1) is 26.0. The number of nitrogens with one attached hydrogen (secondary N) is 1. The van der Waals surface area contributed by atoms with Crippen LogP contribution < -0.4 is 15.0 Å². The molecule has 2 amide bonds. The number of aromatic nitrogens is 1. The second-order valence-electron chi connectivity index (χ2n) is 9.04. The fourth-order valence-electron chi connectivity index (χ4n) is 4.40. The highest BCUT2D eigenvalue weighted by molar-refractivity contribution is 5.91. The number of carbonyl (C=O) groups is 1. The number of carbonyl (C=O) groups excluding carboxylic acids is 1. The summed E-state index contributed by atoms with van der Waals surface area (Å²) in [6, 6.07) is 5.55. The van der Waals surface area contributed by atoms with Gasteiger partial charge >= 0.3 is 6.03 Å². The number of hydrogen-bond acceptors (Lipinski definition) is 6. The van der Waals surface area contributed by atoms with Crippen LogP contribution in [0.1, 0.15) is 24.8 Å². The Morgan fingerprint density at radius 1 is 1.19 bits per heavy atom. The standard InChI is InChI=1S/C25H31F3N4O4/c1-17-12-20(26)21(29-24(34)32-5-3-2-4-25(27,28)16-32)15-19(17)18-13-22(31-6-9-35-10-7-31)30-23(14-18)36-11-8-33/h12-15,33H,2-11,16H2,1H3,(H,29,34). The predicted octanol–water partition coefficient (Wildman–Crippen LogP) is 4.06. The molecule has 0 saturated carbocycles. The van der Waals surface area contributed by atoms with Gasteiger partial charge in [0.2, 0.25) is 5.88 Å². The lowest BCUT2D eigenvalue weighted by molar-refractivity contribution is -0.0208. The monoisotopic (exact) mass is 508 g/mol. The molecule has 2 aliphatic heterocycles. The molecule has 0 bridgehead atoms. The van der Waals surface area contributed by atoms with E-state index in [1.54, 1.807) is 13.0 Å². The van der Waals surface area contributed by atoms with Crippen LogP contribution in [0.25, 0.3) is 11.1 Å². The molecule has 0 aliphatic carbocycles. The molecule has 0 unspecified atom stereocenters. The number of amides is 2. The van der Waals surface area contributed by atoms with Gasteiger partial charge in [-0.05, 0) is 54.7 Å². The minimum Gasteiger partial charge on any atom is -0.475 e. The molecule has 4 rings (SSSR count). The number of aliphatic hydroxyl groups excluding tert-OH is 1. The molecule has 0 spiro atoms. The summed E-state index contributed by atoms with van der Waals surface area (Å²) in [5, 5.41) is 11.7. The number of ether oxygens (including phenoxy) is 2. The number of aliphatic hydroxyl groups is 1. The second-order valence-corrected chi connectivity index (χ2v) is 9.04. The van der Waals surface area contributed by atoms with Crippen LogP contribution in [0, 0.1) is 12.7 Å². The summed E-state index contributed by atoms with van der Waals surface area (Å²) in [7, 11) is 0. The van der Waals surface area contributed by atoms with Crippen LogP contribution in [0.3, 0.4) is 0 Å². The first-order chi connectivity index (χ1) is 17.3. The molecule has 0 radical (unpaired) electrons. The van der Waals surface area contributed by atoms with Gasteiger partial charge in [-0.1, -0.05) is 0 Å². The van der Waals surface area contributed by atoms with E-state index in [0.717, 1.165) is 4.90 Å². The van der Waals surface area contributed by atoms with Gasteiger partial charge in [0.1, 0.15) is 18.2 Å². The molecule has 36 heavy (non-hydrogen) atoms. The SMILES string of the molecule is Cc1cc(F)c(NC(=O)N2CCCCC(F)(F)C2)cc1-c1cc(OCCO)nc(N2CCOCC2)c1. The maximum absolute atomic E-state index is 14.9. The number of hydrogen-bond donors (Lipinski definition) is 2. The Bertz CT molecular complexity index is 1080. The predicted molar refractivity (Wildman–Crippen MR) is 129 cm³/mol. The molecule has 2 aliphatic rings. The average molecular weight is 509 g/mol. The van der Waals surface area contributed by atoms with Crippen LogP contribution in [0.5, 0.6) is 5.88 Å². The van der Waals surface area contributed by atoms with Gasteiger partial charge in [-0.15, -0.1) is 0 Å². The van der Waals surface area contributed by atoms with E-state index in [2.05, 4.69) is 10.3 Å². The molecule has 2 fully saturated rings. The number of pyridine rings is 1. The molecule has 1 aromatic carbocycles. The van der Waals surface area contributed by atoms with Crippen molar-refractivity contribution in [2.75, 3.05) is 62.8 Å². The number of alkyl halides is 2. The fraction of sp³-hybridized carbons (Fsp3) is 0.520. The molecule has 3 heterocycles. The van der Waals surface area contributed by atoms with E-state index in [0.29, 0.717) is 67.5 Å². The minimum absolute atomic E-state index is 0.0587. The van der Waals surface area contributed by atoms with Gasteiger partial charge in [0.15, 0.2) is 0 Å². The van der Waals surface area contributed by atoms with E-state index in [4.69, 9.17) is 9.47 Å². The van der Waals surface area contributed by atoms with Gasteiger partial charge in [0.25, 0.3) is 5.92 Å². The quantitative estimate of drug-likeness (QED) is 0.612. The number of rotatable bonds is 6. The van der Waals surface area contributed by atoms with Crippen LogP contribution in [0.4, 0.5) is 29.5 Å². The van der Waals surface area contributed by atoms with E-state index in [9.17, 15) is 23.1 Å². The van der Waals surface area contributed by atoms with Crippen molar-refractivity contribution in [3.05, 3.63) is 35.6 Å². The molecular weight excluding hydrogens is 477 g/mol. The van der Waals surface area contributed by atoms with E-state index >= 15 is 0 Å². The van der Waals surface area contributed by atoms with Gasteiger partial charge in [0, 0.05) is 32.1 Å². The summed E-state index contributed by atoms with van der Waals surface area (Å²) in [5.74, 6) is -2.69. The summed E-state index contributed by atoms with van der Waals surface area (Å²) < 4.78 is 53.9. The Morgan fingerprint density at radius 2 is 1.97 bits per heavy atom. The third kappa shape index (κ3) is 6.38. The molecule has 8 nitrogen and oxygen atoms in total. The normalized spacial score (nSPS) is 18.0. The molecular formula is C25H31F3N4O4. The number of likely N-dealkylation sites (tertiary alicyclic amines) is 1. The van der Waals surface area contributed by atoms with Crippen molar-refractivity contribution in [1.29, 1.82) is 0 Å². The number of anilines is 2. The third-order valence-electron chi connectivity index (χ3n) is 6.26. The first-order valence-corrected chi connectivity index (χ1v) is 12.1. The number of aryl methyl sites for hydroxylation is 1. The lowest BCUT2D eigenvalue weighted by Crippen LogP contribution is -2.41. The Balaban J connectivity index is 1.64. The smallest absolute Gasteiger partial charge is 0.322 e. The molecule has 1 aromatic heterocycles. The molecule has 2 saturated heterocycles. The second kappa shape index (κ2) is 11.3.